The first-order valence-electron chi connectivity index (χ1n) is 7.57. The molecule has 3 nitrogen and oxygen atoms in total. The summed E-state index contributed by atoms with van der Waals surface area (Å²) in [5.41, 5.74) is 5.48. The minimum absolute atomic E-state index is 0.961. The molecule has 23 heavy (non-hydrogen) atoms. The summed E-state index contributed by atoms with van der Waals surface area (Å²) in [7, 11) is 0. The Balaban J connectivity index is 1.88. The largest absolute Gasteiger partial charge is 0.339 e. The van der Waals surface area contributed by atoms with Crippen LogP contribution < -0.4 is 5.32 Å². The predicted octanol–water partition coefficient (Wildman–Crippen LogP) is 5.42. The van der Waals surface area contributed by atoms with E-state index < -0.39 is 0 Å². The lowest BCUT2D eigenvalue weighted by atomic mass is 10.2. The highest BCUT2D eigenvalue weighted by Crippen LogP contribution is 2.33. The van der Waals surface area contributed by atoms with Gasteiger partial charge in [0.05, 0.1) is 4.88 Å². The Bertz CT molecular complexity index is 950. The zero-order valence-corrected chi connectivity index (χ0v) is 13.9. The van der Waals surface area contributed by atoms with Crippen LogP contribution in [0.5, 0.6) is 0 Å². The number of aryl methyl sites for hydroxylation is 2. The van der Waals surface area contributed by atoms with Crippen LogP contribution in [0.25, 0.3) is 16.2 Å². The molecular formula is C19H17N3S. The topological polar surface area (TPSA) is 29.3 Å². The van der Waals surface area contributed by atoms with E-state index in [1.807, 2.05) is 0 Å². The van der Waals surface area contributed by atoms with Crippen molar-refractivity contribution in [3.05, 3.63) is 71.2 Å². The van der Waals surface area contributed by atoms with Crippen LogP contribution in [0.2, 0.25) is 0 Å². The summed E-state index contributed by atoms with van der Waals surface area (Å²) in [6.07, 6.45) is 2.07. The van der Waals surface area contributed by atoms with Crippen LogP contribution in [0.15, 0.2) is 60.1 Å². The van der Waals surface area contributed by atoms with Gasteiger partial charge in [0, 0.05) is 11.9 Å². The summed E-state index contributed by atoms with van der Waals surface area (Å²) in [5.74, 6) is 1.01. The Morgan fingerprint density at radius 3 is 2.57 bits per heavy atom. The molecule has 0 radical (unpaired) electrons. The van der Waals surface area contributed by atoms with Crippen molar-refractivity contribution in [2.45, 2.75) is 13.8 Å². The third-order valence-electron chi connectivity index (χ3n) is 3.85. The molecule has 3 aromatic heterocycles. The maximum absolute atomic E-state index is 4.84. The number of anilines is 2. The molecule has 0 spiro atoms. The smallest absolute Gasteiger partial charge is 0.144 e. The highest BCUT2D eigenvalue weighted by Gasteiger charge is 2.15. The number of pyridine rings is 1. The fourth-order valence-electron chi connectivity index (χ4n) is 2.62. The monoisotopic (exact) mass is 319 g/mol. The van der Waals surface area contributed by atoms with Crippen molar-refractivity contribution in [3.63, 3.8) is 0 Å². The van der Waals surface area contributed by atoms with Crippen molar-refractivity contribution in [3.8, 4) is 10.6 Å². The van der Waals surface area contributed by atoms with Crippen LogP contribution >= 0.6 is 11.3 Å². The minimum Gasteiger partial charge on any atom is -0.339 e. The van der Waals surface area contributed by atoms with Crippen molar-refractivity contribution in [1.82, 2.24) is 9.38 Å². The lowest BCUT2D eigenvalue weighted by Crippen LogP contribution is -1.96. The van der Waals surface area contributed by atoms with E-state index >= 15 is 0 Å². The van der Waals surface area contributed by atoms with Crippen LogP contribution in [0.4, 0.5) is 11.5 Å². The van der Waals surface area contributed by atoms with Gasteiger partial charge in [-0.05, 0) is 55.1 Å². The van der Waals surface area contributed by atoms with Gasteiger partial charge < -0.3 is 5.32 Å². The third kappa shape index (κ3) is 2.62. The molecule has 0 atom stereocenters. The molecule has 0 aliphatic carbocycles. The van der Waals surface area contributed by atoms with E-state index in [0.717, 1.165) is 22.8 Å². The molecule has 1 N–H and O–H groups in total. The number of nitrogens with one attached hydrogen (secondary N) is 1. The second-order valence-corrected chi connectivity index (χ2v) is 6.66. The number of benzene rings is 1. The van der Waals surface area contributed by atoms with Gasteiger partial charge in [-0.3, -0.25) is 4.40 Å². The number of hydrogen-bond acceptors (Lipinski definition) is 3. The maximum Gasteiger partial charge on any atom is 0.144 e. The van der Waals surface area contributed by atoms with E-state index in [4.69, 9.17) is 4.98 Å². The highest BCUT2D eigenvalue weighted by atomic mass is 32.1. The van der Waals surface area contributed by atoms with Crippen LogP contribution in [0.1, 0.15) is 11.1 Å². The summed E-state index contributed by atoms with van der Waals surface area (Å²) in [6.45, 7) is 4.18. The zero-order valence-electron chi connectivity index (χ0n) is 13.1. The van der Waals surface area contributed by atoms with Gasteiger partial charge >= 0.3 is 0 Å². The van der Waals surface area contributed by atoms with Gasteiger partial charge in [0.25, 0.3) is 0 Å². The Morgan fingerprint density at radius 1 is 1.00 bits per heavy atom. The van der Waals surface area contributed by atoms with E-state index in [1.54, 1.807) is 11.3 Å². The Morgan fingerprint density at radius 2 is 1.83 bits per heavy atom. The fraction of sp³-hybridized carbons (Fsp3) is 0.105. The van der Waals surface area contributed by atoms with Gasteiger partial charge in [-0.1, -0.05) is 23.8 Å². The van der Waals surface area contributed by atoms with Crippen molar-refractivity contribution in [1.29, 1.82) is 0 Å². The summed E-state index contributed by atoms with van der Waals surface area (Å²) >= 11 is 1.71. The molecular weight excluding hydrogens is 302 g/mol. The zero-order chi connectivity index (χ0) is 15.8. The average Bonchev–Trinajstić information content (AvgIpc) is 3.17. The molecule has 114 valence electrons. The summed E-state index contributed by atoms with van der Waals surface area (Å²) in [6, 6.07) is 16.8. The molecule has 0 saturated heterocycles. The first kappa shape index (κ1) is 14.0. The number of fused-ring (bicyclic) bond motifs is 1. The van der Waals surface area contributed by atoms with E-state index in [0.29, 0.717) is 0 Å². The average molecular weight is 319 g/mol. The lowest BCUT2D eigenvalue weighted by molar-refractivity contribution is 1.17. The SMILES string of the molecule is Cc1ccc(Nc2c(-c3cccs3)nc3cc(C)ccn23)cc1. The number of nitrogens with zero attached hydrogens (tertiary/aromatic N) is 2. The van der Waals surface area contributed by atoms with Crippen LogP contribution in [0, 0.1) is 13.8 Å². The molecule has 0 aliphatic heterocycles. The van der Waals surface area contributed by atoms with Crippen LogP contribution in [-0.4, -0.2) is 9.38 Å². The van der Waals surface area contributed by atoms with Gasteiger partial charge in [0.15, 0.2) is 0 Å². The standard InChI is InChI=1S/C19H17N3S/c1-13-5-7-15(8-6-13)20-19-18(16-4-3-11-23-16)21-17-12-14(2)9-10-22(17)19/h3-12,20H,1-2H3. The highest BCUT2D eigenvalue weighted by molar-refractivity contribution is 7.13. The molecule has 0 unspecified atom stereocenters. The second-order valence-electron chi connectivity index (χ2n) is 5.71. The third-order valence-corrected chi connectivity index (χ3v) is 4.73. The van der Waals surface area contributed by atoms with Gasteiger partial charge in [-0.15, -0.1) is 11.3 Å². The van der Waals surface area contributed by atoms with Crippen LogP contribution in [-0.2, 0) is 0 Å². The lowest BCUT2D eigenvalue weighted by Gasteiger charge is -2.08. The molecule has 0 fully saturated rings. The summed E-state index contributed by atoms with van der Waals surface area (Å²) in [4.78, 5) is 6.01. The first-order chi connectivity index (χ1) is 11.2. The van der Waals surface area contributed by atoms with Crippen molar-refractivity contribution < 1.29 is 0 Å². The number of imidazole rings is 1. The van der Waals surface area contributed by atoms with Crippen molar-refractivity contribution in [2.75, 3.05) is 5.32 Å². The van der Waals surface area contributed by atoms with E-state index in [2.05, 4.69) is 83.7 Å². The number of rotatable bonds is 3. The Labute approximate surface area is 139 Å². The maximum atomic E-state index is 4.84. The minimum atomic E-state index is 0.961. The van der Waals surface area contributed by atoms with Gasteiger partial charge in [0.1, 0.15) is 17.2 Å². The molecule has 0 saturated carbocycles. The molecule has 0 aliphatic rings. The van der Waals surface area contributed by atoms with E-state index in [9.17, 15) is 0 Å². The predicted molar refractivity (Wildman–Crippen MR) is 97.7 cm³/mol. The van der Waals surface area contributed by atoms with E-state index in [-0.39, 0.29) is 0 Å². The fourth-order valence-corrected chi connectivity index (χ4v) is 3.34. The number of thiophene rings is 1. The molecule has 3 heterocycles. The molecule has 0 amide bonds. The van der Waals surface area contributed by atoms with Gasteiger partial charge in [-0.2, -0.15) is 0 Å². The quantitative estimate of drug-likeness (QED) is 0.546. The molecule has 0 bridgehead atoms. The molecule has 4 aromatic rings. The molecule has 4 heteroatoms. The molecule has 1 aromatic carbocycles. The van der Waals surface area contributed by atoms with Crippen molar-refractivity contribution in [2.24, 2.45) is 0 Å². The number of aromatic nitrogens is 2. The van der Waals surface area contributed by atoms with Crippen LogP contribution in [0.3, 0.4) is 0 Å². The van der Waals surface area contributed by atoms with Crippen molar-refractivity contribution >= 4 is 28.5 Å². The summed E-state index contributed by atoms with van der Waals surface area (Å²) in [5, 5.41) is 5.62. The van der Waals surface area contributed by atoms with Gasteiger partial charge in [0.2, 0.25) is 0 Å². The van der Waals surface area contributed by atoms with Gasteiger partial charge in [-0.25, -0.2) is 4.98 Å². The second kappa shape index (κ2) is 5.56. The summed E-state index contributed by atoms with van der Waals surface area (Å²) < 4.78 is 2.11. The number of hydrogen-bond donors (Lipinski definition) is 1. The normalized spacial score (nSPS) is 11.0. The van der Waals surface area contributed by atoms with E-state index in [1.165, 1.54) is 16.0 Å². The Hall–Kier alpha value is -2.59. The Kier molecular flexibility index (Phi) is 3.39. The molecule has 4 rings (SSSR count). The first-order valence-corrected chi connectivity index (χ1v) is 8.45.